The Morgan fingerprint density at radius 1 is 1.19 bits per heavy atom. The van der Waals surface area contributed by atoms with Gasteiger partial charge in [-0.15, -0.1) is 11.3 Å². The molecule has 0 spiro atoms. The van der Waals surface area contributed by atoms with Gasteiger partial charge in [0.05, 0.1) is 15.2 Å². The SMILES string of the molecule is O=C1CCC(c2nc3ccccc3s2)CC1. The van der Waals surface area contributed by atoms with Crippen LogP contribution in [0.2, 0.25) is 0 Å². The molecule has 16 heavy (non-hydrogen) atoms. The van der Waals surface area contributed by atoms with Gasteiger partial charge in [-0.2, -0.15) is 0 Å². The largest absolute Gasteiger partial charge is 0.300 e. The molecule has 1 aromatic carbocycles. The van der Waals surface area contributed by atoms with Gasteiger partial charge >= 0.3 is 0 Å². The first kappa shape index (κ1) is 9.97. The fourth-order valence-corrected chi connectivity index (χ4v) is 3.39. The van der Waals surface area contributed by atoms with Gasteiger partial charge in [0.1, 0.15) is 5.78 Å². The Bertz CT molecular complexity index is 488. The standard InChI is InChI=1S/C13H13NOS/c15-10-7-5-9(6-8-10)13-14-11-3-1-2-4-12(11)16-13/h1-4,9H,5-8H2. The van der Waals surface area contributed by atoms with Crippen molar-refractivity contribution in [2.75, 3.05) is 0 Å². The van der Waals surface area contributed by atoms with E-state index in [0.29, 0.717) is 11.7 Å². The van der Waals surface area contributed by atoms with Crippen molar-refractivity contribution in [1.82, 2.24) is 4.98 Å². The van der Waals surface area contributed by atoms with Crippen molar-refractivity contribution in [3.63, 3.8) is 0 Å². The third kappa shape index (κ3) is 1.76. The molecule has 1 heterocycles. The number of Topliss-reactive ketones (excluding diaryl/α,β-unsaturated/α-hetero) is 1. The number of fused-ring (bicyclic) bond motifs is 1. The molecule has 3 heteroatoms. The molecule has 0 bridgehead atoms. The monoisotopic (exact) mass is 231 g/mol. The average Bonchev–Trinajstić information content (AvgIpc) is 2.73. The summed E-state index contributed by atoms with van der Waals surface area (Å²) in [5.74, 6) is 0.924. The molecule has 0 atom stereocenters. The lowest BCUT2D eigenvalue weighted by atomic mass is 9.89. The van der Waals surface area contributed by atoms with Crippen molar-refractivity contribution in [2.24, 2.45) is 0 Å². The van der Waals surface area contributed by atoms with Crippen LogP contribution in [-0.4, -0.2) is 10.8 Å². The van der Waals surface area contributed by atoms with Gasteiger partial charge in [-0.1, -0.05) is 12.1 Å². The smallest absolute Gasteiger partial charge is 0.132 e. The van der Waals surface area contributed by atoms with Crippen LogP contribution in [0.3, 0.4) is 0 Å². The zero-order chi connectivity index (χ0) is 11.0. The topological polar surface area (TPSA) is 30.0 Å². The van der Waals surface area contributed by atoms with Gasteiger partial charge < -0.3 is 0 Å². The minimum Gasteiger partial charge on any atom is -0.300 e. The number of benzene rings is 1. The van der Waals surface area contributed by atoms with Crippen LogP contribution in [0.4, 0.5) is 0 Å². The van der Waals surface area contributed by atoms with Gasteiger partial charge in [-0.25, -0.2) is 4.98 Å². The predicted octanol–water partition coefficient (Wildman–Crippen LogP) is 3.52. The van der Waals surface area contributed by atoms with Crippen molar-refractivity contribution in [3.8, 4) is 0 Å². The highest BCUT2D eigenvalue weighted by atomic mass is 32.1. The Balaban J connectivity index is 1.91. The molecule has 0 radical (unpaired) electrons. The molecule has 82 valence electrons. The molecule has 1 aliphatic rings. The van der Waals surface area contributed by atoms with Gasteiger partial charge in [0.15, 0.2) is 0 Å². The Morgan fingerprint density at radius 3 is 2.69 bits per heavy atom. The van der Waals surface area contributed by atoms with Gasteiger partial charge in [-0.05, 0) is 25.0 Å². The number of carbonyl (C=O) groups excluding carboxylic acids is 1. The number of para-hydroxylation sites is 1. The number of thiazole rings is 1. The van der Waals surface area contributed by atoms with Gasteiger partial charge in [0.2, 0.25) is 0 Å². The lowest BCUT2D eigenvalue weighted by Crippen LogP contribution is -2.11. The van der Waals surface area contributed by atoms with E-state index in [0.717, 1.165) is 31.2 Å². The van der Waals surface area contributed by atoms with Crippen molar-refractivity contribution in [1.29, 1.82) is 0 Å². The van der Waals surface area contributed by atoms with Crippen LogP contribution < -0.4 is 0 Å². The Hall–Kier alpha value is -1.22. The van der Waals surface area contributed by atoms with Crippen LogP contribution >= 0.6 is 11.3 Å². The number of hydrogen-bond acceptors (Lipinski definition) is 3. The first-order chi connectivity index (χ1) is 7.83. The van der Waals surface area contributed by atoms with Crippen LogP contribution in [0.25, 0.3) is 10.2 Å². The zero-order valence-corrected chi connectivity index (χ0v) is 9.80. The van der Waals surface area contributed by atoms with Crippen molar-refractivity contribution in [2.45, 2.75) is 31.6 Å². The molecular formula is C13H13NOS. The first-order valence-electron chi connectivity index (χ1n) is 5.70. The fourth-order valence-electron chi connectivity index (χ4n) is 2.25. The second-order valence-electron chi connectivity index (χ2n) is 4.33. The molecule has 0 N–H and O–H groups in total. The van der Waals surface area contributed by atoms with E-state index in [2.05, 4.69) is 23.2 Å². The van der Waals surface area contributed by atoms with Gasteiger partial charge in [-0.3, -0.25) is 4.79 Å². The molecule has 0 aliphatic heterocycles. The molecule has 3 rings (SSSR count). The van der Waals surface area contributed by atoms with Crippen LogP contribution in [0, 0.1) is 0 Å². The van der Waals surface area contributed by atoms with E-state index in [1.165, 1.54) is 9.71 Å². The molecule has 2 aromatic rings. The van der Waals surface area contributed by atoms with E-state index in [4.69, 9.17) is 0 Å². The van der Waals surface area contributed by atoms with Crippen molar-refractivity contribution >= 4 is 27.3 Å². The summed E-state index contributed by atoms with van der Waals surface area (Å²) in [6, 6.07) is 8.25. The summed E-state index contributed by atoms with van der Waals surface area (Å²) in [4.78, 5) is 15.9. The Kier molecular flexibility index (Phi) is 2.48. The molecule has 1 aromatic heterocycles. The van der Waals surface area contributed by atoms with Gasteiger partial charge in [0, 0.05) is 18.8 Å². The Labute approximate surface area is 98.3 Å². The van der Waals surface area contributed by atoms with E-state index in [9.17, 15) is 4.79 Å². The second kappa shape index (κ2) is 3.98. The molecule has 0 amide bonds. The summed E-state index contributed by atoms with van der Waals surface area (Å²) >= 11 is 1.78. The van der Waals surface area contributed by atoms with Crippen LogP contribution in [-0.2, 0) is 4.79 Å². The molecule has 1 fully saturated rings. The minimum absolute atomic E-state index is 0.414. The third-order valence-corrected chi connectivity index (χ3v) is 4.40. The number of hydrogen-bond donors (Lipinski definition) is 0. The third-order valence-electron chi connectivity index (χ3n) is 3.20. The maximum Gasteiger partial charge on any atom is 0.132 e. The summed E-state index contributed by atoms with van der Waals surface area (Å²) in [5, 5.41) is 1.22. The van der Waals surface area contributed by atoms with Crippen molar-refractivity contribution in [3.05, 3.63) is 29.3 Å². The summed E-state index contributed by atoms with van der Waals surface area (Å²) in [6.07, 6.45) is 3.44. The number of carbonyl (C=O) groups is 1. The van der Waals surface area contributed by atoms with E-state index in [-0.39, 0.29) is 0 Å². The fraction of sp³-hybridized carbons (Fsp3) is 0.385. The van der Waals surface area contributed by atoms with E-state index in [1.807, 2.05) is 6.07 Å². The Morgan fingerprint density at radius 2 is 1.94 bits per heavy atom. The van der Waals surface area contributed by atoms with Crippen LogP contribution in [0.5, 0.6) is 0 Å². The highest BCUT2D eigenvalue weighted by Gasteiger charge is 2.22. The second-order valence-corrected chi connectivity index (χ2v) is 5.40. The summed E-state index contributed by atoms with van der Waals surface area (Å²) in [6.45, 7) is 0. The number of nitrogens with zero attached hydrogens (tertiary/aromatic N) is 1. The summed E-state index contributed by atoms with van der Waals surface area (Å²) in [7, 11) is 0. The maximum atomic E-state index is 11.2. The zero-order valence-electron chi connectivity index (χ0n) is 8.98. The normalized spacial score (nSPS) is 18.1. The molecule has 0 unspecified atom stereocenters. The molecule has 2 nitrogen and oxygen atoms in total. The van der Waals surface area contributed by atoms with Crippen molar-refractivity contribution < 1.29 is 4.79 Å². The number of rotatable bonds is 1. The molecular weight excluding hydrogens is 218 g/mol. The molecule has 0 saturated heterocycles. The van der Waals surface area contributed by atoms with E-state index < -0.39 is 0 Å². The highest BCUT2D eigenvalue weighted by molar-refractivity contribution is 7.18. The molecule has 1 saturated carbocycles. The van der Waals surface area contributed by atoms with E-state index >= 15 is 0 Å². The number of ketones is 1. The molecule has 1 aliphatic carbocycles. The van der Waals surface area contributed by atoms with Crippen LogP contribution in [0.1, 0.15) is 36.6 Å². The average molecular weight is 231 g/mol. The maximum absolute atomic E-state index is 11.2. The quantitative estimate of drug-likeness (QED) is 0.751. The number of aromatic nitrogens is 1. The highest BCUT2D eigenvalue weighted by Crippen LogP contribution is 2.35. The van der Waals surface area contributed by atoms with E-state index in [1.54, 1.807) is 11.3 Å². The van der Waals surface area contributed by atoms with Crippen LogP contribution in [0.15, 0.2) is 24.3 Å². The summed E-state index contributed by atoms with van der Waals surface area (Å²) < 4.78 is 1.26. The summed E-state index contributed by atoms with van der Waals surface area (Å²) in [5.41, 5.74) is 1.10. The predicted molar refractivity (Wildman–Crippen MR) is 65.8 cm³/mol. The lowest BCUT2D eigenvalue weighted by Gasteiger charge is -2.18. The lowest BCUT2D eigenvalue weighted by molar-refractivity contribution is -0.120. The first-order valence-corrected chi connectivity index (χ1v) is 6.52. The minimum atomic E-state index is 0.414. The van der Waals surface area contributed by atoms with Gasteiger partial charge in [0.25, 0.3) is 0 Å².